The van der Waals surface area contributed by atoms with Crippen molar-refractivity contribution < 1.29 is 9.59 Å². The Balaban J connectivity index is 2.94. The third kappa shape index (κ3) is 3.30. The van der Waals surface area contributed by atoms with Crippen molar-refractivity contribution in [2.24, 2.45) is 0 Å². The van der Waals surface area contributed by atoms with Gasteiger partial charge in [0, 0.05) is 19.5 Å². The van der Waals surface area contributed by atoms with Gasteiger partial charge in [0.05, 0.1) is 11.4 Å². The monoisotopic (exact) mass is 207 g/mol. The van der Waals surface area contributed by atoms with E-state index in [1.165, 1.54) is 13.8 Å². The van der Waals surface area contributed by atoms with E-state index in [9.17, 15) is 9.59 Å². The molecule has 4 N–H and O–H groups in total. The lowest BCUT2D eigenvalue weighted by molar-refractivity contribution is -0.115. The molecule has 0 unspecified atom stereocenters. The molecule has 1 aromatic carbocycles. The standard InChI is InChI=1S/C10H13N3O2/c1-6(14)12-8-3-4-9(11)10(5-8)13-7(2)15/h3-5H,11H2,1-2H3,(H,12,14)(H,13,15). The first kappa shape index (κ1) is 11.0. The number of nitrogens with two attached hydrogens (primary N) is 1. The Hall–Kier alpha value is -2.04. The molecule has 1 rings (SSSR count). The number of hydrogen-bond acceptors (Lipinski definition) is 3. The normalized spacial score (nSPS) is 9.47. The van der Waals surface area contributed by atoms with Crippen LogP contribution in [0.15, 0.2) is 18.2 Å². The molecule has 0 aliphatic rings. The van der Waals surface area contributed by atoms with Crippen molar-refractivity contribution in [2.75, 3.05) is 16.4 Å². The Bertz CT molecular complexity index is 402. The molecule has 2 amide bonds. The van der Waals surface area contributed by atoms with Crippen LogP contribution in [0.5, 0.6) is 0 Å². The topological polar surface area (TPSA) is 84.2 Å². The zero-order valence-electron chi connectivity index (χ0n) is 8.63. The van der Waals surface area contributed by atoms with Crippen LogP contribution in [0.3, 0.4) is 0 Å². The second kappa shape index (κ2) is 4.45. The number of benzene rings is 1. The van der Waals surface area contributed by atoms with Crippen molar-refractivity contribution in [2.45, 2.75) is 13.8 Å². The van der Waals surface area contributed by atoms with Gasteiger partial charge >= 0.3 is 0 Å². The number of nitrogen functional groups attached to an aromatic ring is 1. The maximum absolute atomic E-state index is 10.8. The molecular formula is C10H13N3O2. The van der Waals surface area contributed by atoms with Crippen molar-refractivity contribution in [3.63, 3.8) is 0 Å². The number of rotatable bonds is 2. The first-order valence-corrected chi connectivity index (χ1v) is 4.43. The third-order valence-corrected chi connectivity index (χ3v) is 1.68. The Morgan fingerprint density at radius 2 is 1.73 bits per heavy atom. The van der Waals surface area contributed by atoms with E-state index in [2.05, 4.69) is 10.6 Å². The molecule has 15 heavy (non-hydrogen) atoms. The fraction of sp³-hybridized carbons (Fsp3) is 0.200. The van der Waals surface area contributed by atoms with E-state index in [0.717, 1.165) is 0 Å². The van der Waals surface area contributed by atoms with Crippen molar-refractivity contribution in [3.05, 3.63) is 18.2 Å². The molecule has 0 radical (unpaired) electrons. The molecule has 0 atom stereocenters. The fourth-order valence-corrected chi connectivity index (χ4v) is 1.14. The maximum Gasteiger partial charge on any atom is 0.221 e. The second-order valence-electron chi connectivity index (χ2n) is 3.16. The highest BCUT2D eigenvalue weighted by molar-refractivity contribution is 5.95. The number of anilines is 3. The van der Waals surface area contributed by atoms with Crippen LogP contribution in [0.2, 0.25) is 0 Å². The Labute approximate surface area is 87.7 Å². The van der Waals surface area contributed by atoms with Gasteiger partial charge in [-0.2, -0.15) is 0 Å². The molecule has 0 bridgehead atoms. The molecule has 0 spiro atoms. The molecule has 0 aromatic heterocycles. The highest BCUT2D eigenvalue weighted by Crippen LogP contribution is 2.22. The van der Waals surface area contributed by atoms with Crippen LogP contribution in [0.4, 0.5) is 17.1 Å². The summed E-state index contributed by atoms with van der Waals surface area (Å²) < 4.78 is 0. The van der Waals surface area contributed by atoms with Crippen molar-refractivity contribution in [3.8, 4) is 0 Å². The Morgan fingerprint density at radius 3 is 2.27 bits per heavy atom. The van der Waals surface area contributed by atoms with Crippen LogP contribution in [0, 0.1) is 0 Å². The summed E-state index contributed by atoms with van der Waals surface area (Å²) in [7, 11) is 0. The molecule has 0 saturated carbocycles. The molecule has 0 saturated heterocycles. The third-order valence-electron chi connectivity index (χ3n) is 1.68. The van der Waals surface area contributed by atoms with Crippen LogP contribution < -0.4 is 16.4 Å². The van der Waals surface area contributed by atoms with Crippen LogP contribution in [0.1, 0.15) is 13.8 Å². The molecule has 80 valence electrons. The van der Waals surface area contributed by atoms with Gasteiger partial charge in [-0.1, -0.05) is 0 Å². The zero-order valence-corrected chi connectivity index (χ0v) is 8.63. The predicted octanol–water partition coefficient (Wildman–Crippen LogP) is 1.19. The van der Waals surface area contributed by atoms with Crippen molar-refractivity contribution in [1.29, 1.82) is 0 Å². The van der Waals surface area contributed by atoms with Gasteiger partial charge in [-0.05, 0) is 18.2 Å². The molecule has 0 aliphatic carbocycles. The number of hydrogen-bond donors (Lipinski definition) is 3. The zero-order chi connectivity index (χ0) is 11.4. The highest BCUT2D eigenvalue weighted by Gasteiger charge is 2.03. The van der Waals surface area contributed by atoms with E-state index >= 15 is 0 Å². The smallest absolute Gasteiger partial charge is 0.221 e. The minimum atomic E-state index is -0.207. The fourth-order valence-electron chi connectivity index (χ4n) is 1.14. The summed E-state index contributed by atoms with van der Waals surface area (Å²) in [6, 6.07) is 4.90. The van der Waals surface area contributed by atoms with Gasteiger partial charge in [0.2, 0.25) is 11.8 Å². The molecular weight excluding hydrogens is 194 g/mol. The summed E-state index contributed by atoms with van der Waals surface area (Å²) >= 11 is 0. The van der Waals surface area contributed by atoms with E-state index in [-0.39, 0.29) is 11.8 Å². The summed E-state index contributed by atoms with van der Waals surface area (Å²) in [5.41, 5.74) is 7.19. The average Bonchev–Trinajstić information content (AvgIpc) is 2.09. The van der Waals surface area contributed by atoms with Gasteiger partial charge in [0.25, 0.3) is 0 Å². The summed E-state index contributed by atoms with van der Waals surface area (Å²) in [6.07, 6.45) is 0. The first-order chi connectivity index (χ1) is 6.99. The van der Waals surface area contributed by atoms with Gasteiger partial charge in [-0.3, -0.25) is 9.59 Å². The van der Waals surface area contributed by atoms with Crippen LogP contribution in [-0.4, -0.2) is 11.8 Å². The second-order valence-corrected chi connectivity index (χ2v) is 3.16. The summed E-state index contributed by atoms with van der Waals surface area (Å²) in [5, 5.41) is 5.17. The van der Waals surface area contributed by atoms with E-state index in [0.29, 0.717) is 17.1 Å². The minimum Gasteiger partial charge on any atom is -0.397 e. The molecule has 5 heteroatoms. The Kier molecular flexibility index (Phi) is 3.28. The lowest BCUT2D eigenvalue weighted by Crippen LogP contribution is -2.10. The molecule has 1 aromatic rings. The lowest BCUT2D eigenvalue weighted by atomic mass is 10.2. The van der Waals surface area contributed by atoms with Crippen LogP contribution in [0.25, 0.3) is 0 Å². The van der Waals surface area contributed by atoms with E-state index in [1.54, 1.807) is 18.2 Å². The molecule has 0 heterocycles. The minimum absolute atomic E-state index is 0.173. The predicted molar refractivity (Wildman–Crippen MR) is 59.5 cm³/mol. The lowest BCUT2D eigenvalue weighted by Gasteiger charge is -2.09. The first-order valence-electron chi connectivity index (χ1n) is 4.43. The number of nitrogens with one attached hydrogen (secondary N) is 2. The molecule has 5 nitrogen and oxygen atoms in total. The summed E-state index contributed by atoms with van der Waals surface area (Å²) in [6.45, 7) is 2.80. The van der Waals surface area contributed by atoms with E-state index in [1.807, 2.05) is 0 Å². The van der Waals surface area contributed by atoms with E-state index in [4.69, 9.17) is 5.73 Å². The van der Waals surface area contributed by atoms with Gasteiger partial charge in [0.15, 0.2) is 0 Å². The Morgan fingerprint density at radius 1 is 1.13 bits per heavy atom. The van der Waals surface area contributed by atoms with Crippen molar-refractivity contribution in [1.82, 2.24) is 0 Å². The molecule has 0 fully saturated rings. The van der Waals surface area contributed by atoms with Gasteiger partial charge in [-0.15, -0.1) is 0 Å². The highest BCUT2D eigenvalue weighted by atomic mass is 16.2. The summed E-state index contributed by atoms with van der Waals surface area (Å²) in [4.78, 5) is 21.6. The largest absolute Gasteiger partial charge is 0.397 e. The average molecular weight is 207 g/mol. The summed E-state index contributed by atoms with van der Waals surface area (Å²) in [5.74, 6) is -0.379. The SMILES string of the molecule is CC(=O)Nc1ccc(N)c(NC(C)=O)c1. The van der Waals surface area contributed by atoms with Crippen molar-refractivity contribution >= 4 is 28.9 Å². The van der Waals surface area contributed by atoms with Gasteiger partial charge < -0.3 is 16.4 Å². The quantitative estimate of drug-likeness (QED) is 0.637. The number of carbonyl (C=O) groups excluding carboxylic acids is 2. The number of amides is 2. The maximum atomic E-state index is 10.8. The van der Waals surface area contributed by atoms with Crippen LogP contribution >= 0.6 is 0 Å². The van der Waals surface area contributed by atoms with E-state index < -0.39 is 0 Å². The number of carbonyl (C=O) groups is 2. The van der Waals surface area contributed by atoms with Gasteiger partial charge in [-0.25, -0.2) is 0 Å². The molecule has 0 aliphatic heterocycles. The van der Waals surface area contributed by atoms with Gasteiger partial charge in [0.1, 0.15) is 0 Å². The van der Waals surface area contributed by atoms with Crippen LogP contribution in [-0.2, 0) is 9.59 Å².